The van der Waals surface area contributed by atoms with Crippen LogP contribution in [-0.4, -0.2) is 19.7 Å². The standard InChI is InChI=1S/C13H10N4O2/c18-13-5-4-11(10-3-1-2-6-14-10)16-17(13)9-12-15-7-8-19-12/h1-8H,9H2. The molecule has 0 aliphatic heterocycles. The van der Waals surface area contributed by atoms with Gasteiger partial charge in [0.1, 0.15) is 18.5 Å². The summed E-state index contributed by atoms with van der Waals surface area (Å²) in [6.07, 6.45) is 4.67. The third kappa shape index (κ3) is 2.42. The number of nitrogens with zero attached hydrogens (tertiary/aromatic N) is 4. The highest BCUT2D eigenvalue weighted by Crippen LogP contribution is 2.10. The van der Waals surface area contributed by atoms with Crippen molar-refractivity contribution in [2.24, 2.45) is 0 Å². The summed E-state index contributed by atoms with van der Waals surface area (Å²) in [4.78, 5) is 19.9. The monoisotopic (exact) mass is 254 g/mol. The summed E-state index contributed by atoms with van der Waals surface area (Å²) in [7, 11) is 0. The van der Waals surface area contributed by atoms with Gasteiger partial charge in [0.25, 0.3) is 5.56 Å². The van der Waals surface area contributed by atoms with Crippen LogP contribution in [0.3, 0.4) is 0 Å². The van der Waals surface area contributed by atoms with E-state index < -0.39 is 0 Å². The maximum absolute atomic E-state index is 11.7. The van der Waals surface area contributed by atoms with Crippen LogP contribution in [0.4, 0.5) is 0 Å². The molecule has 0 unspecified atom stereocenters. The zero-order valence-corrected chi connectivity index (χ0v) is 9.93. The average Bonchev–Trinajstić information content (AvgIpc) is 2.95. The van der Waals surface area contributed by atoms with Crippen molar-refractivity contribution in [1.29, 1.82) is 0 Å². The summed E-state index contributed by atoms with van der Waals surface area (Å²) in [5.74, 6) is 0.438. The van der Waals surface area contributed by atoms with E-state index in [-0.39, 0.29) is 12.1 Å². The number of pyridine rings is 1. The first-order valence-electron chi connectivity index (χ1n) is 5.71. The van der Waals surface area contributed by atoms with Gasteiger partial charge in [-0.25, -0.2) is 9.67 Å². The molecule has 0 saturated heterocycles. The van der Waals surface area contributed by atoms with E-state index in [1.165, 1.54) is 23.2 Å². The van der Waals surface area contributed by atoms with Gasteiger partial charge in [0.15, 0.2) is 0 Å². The summed E-state index contributed by atoms with van der Waals surface area (Å²) < 4.78 is 6.41. The first-order valence-corrected chi connectivity index (χ1v) is 5.71. The minimum Gasteiger partial charge on any atom is -0.447 e. The van der Waals surface area contributed by atoms with Gasteiger partial charge in [-0.3, -0.25) is 9.78 Å². The van der Waals surface area contributed by atoms with Crippen molar-refractivity contribution in [3.8, 4) is 11.4 Å². The van der Waals surface area contributed by atoms with Gasteiger partial charge in [-0.05, 0) is 18.2 Å². The molecule has 19 heavy (non-hydrogen) atoms. The van der Waals surface area contributed by atoms with Crippen molar-refractivity contribution in [1.82, 2.24) is 19.7 Å². The molecular weight excluding hydrogens is 244 g/mol. The molecule has 0 fully saturated rings. The van der Waals surface area contributed by atoms with Gasteiger partial charge >= 0.3 is 0 Å². The van der Waals surface area contributed by atoms with Crippen molar-refractivity contribution in [2.45, 2.75) is 6.54 Å². The highest BCUT2D eigenvalue weighted by atomic mass is 16.3. The second-order valence-electron chi connectivity index (χ2n) is 3.86. The Labute approximate surface area is 108 Å². The lowest BCUT2D eigenvalue weighted by Gasteiger charge is -2.04. The van der Waals surface area contributed by atoms with Crippen molar-refractivity contribution in [3.05, 3.63) is 65.2 Å². The molecule has 6 nitrogen and oxygen atoms in total. The second kappa shape index (κ2) is 4.85. The Morgan fingerprint density at radius 2 is 2.00 bits per heavy atom. The summed E-state index contributed by atoms with van der Waals surface area (Å²) in [5, 5.41) is 4.26. The van der Waals surface area contributed by atoms with E-state index in [9.17, 15) is 4.79 Å². The third-order valence-electron chi connectivity index (χ3n) is 2.56. The Bertz CT molecular complexity index is 720. The molecule has 94 valence electrons. The molecule has 3 heterocycles. The molecule has 3 aromatic rings. The average molecular weight is 254 g/mol. The topological polar surface area (TPSA) is 73.8 Å². The number of hydrogen-bond donors (Lipinski definition) is 0. The molecule has 0 bridgehead atoms. The van der Waals surface area contributed by atoms with Gasteiger partial charge in [0, 0.05) is 12.3 Å². The summed E-state index contributed by atoms with van der Waals surface area (Å²) >= 11 is 0. The van der Waals surface area contributed by atoms with E-state index in [1.807, 2.05) is 18.2 Å². The number of rotatable bonds is 3. The lowest BCUT2D eigenvalue weighted by molar-refractivity contribution is 0.457. The number of aromatic nitrogens is 4. The van der Waals surface area contributed by atoms with Gasteiger partial charge in [-0.1, -0.05) is 6.07 Å². The number of hydrogen-bond acceptors (Lipinski definition) is 5. The molecule has 0 aliphatic rings. The first-order chi connectivity index (χ1) is 9.33. The molecule has 3 aromatic heterocycles. The summed E-state index contributed by atoms with van der Waals surface area (Å²) in [6.45, 7) is 0.201. The molecule has 0 aliphatic carbocycles. The van der Waals surface area contributed by atoms with Gasteiger partial charge in [-0.2, -0.15) is 5.10 Å². The van der Waals surface area contributed by atoms with Crippen LogP contribution < -0.4 is 5.56 Å². The molecule has 6 heteroatoms. The van der Waals surface area contributed by atoms with E-state index in [2.05, 4.69) is 15.1 Å². The Balaban J connectivity index is 1.99. The third-order valence-corrected chi connectivity index (χ3v) is 2.56. The van der Waals surface area contributed by atoms with Crippen LogP contribution in [0.15, 0.2) is 58.2 Å². The molecule has 0 aromatic carbocycles. The Hall–Kier alpha value is -2.76. The molecule has 0 atom stereocenters. The van der Waals surface area contributed by atoms with Gasteiger partial charge < -0.3 is 4.42 Å². The quantitative estimate of drug-likeness (QED) is 0.705. The maximum Gasteiger partial charge on any atom is 0.267 e. The number of oxazole rings is 1. The normalized spacial score (nSPS) is 10.5. The lowest BCUT2D eigenvalue weighted by atomic mass is 10.2. The molecule has 0 N–H and O–H groups in total. The zero-order chi connectivity index (χ0) is 13.1. The SMILES string of the molecule is O=c1ccc(-c2ccccn2)nn1Cc1ncco1. The Morgan fingerprint density at radius 1 is 1.05 bits per heavy atom. The van der Waals surface area contributed by atoms with E-state index in [4.69, 9.17) is 4.42 Å². The van der Waals surface area contributed by atoms with Crippen LogP contribution >= 0.6 is 0 Å². The molecule has 0 amide bonds. The van der Waals surface area contributed by atoms with E-state index in [0.717, 1.165) is 0 Å². The van der Waals surface area contributed by atoms with Crippen molar-refractivity contribution in [3.63, 3.8) is 0 Å². The van der Waals surface area contributed by atoms with E-state index in [1.54, 1.807) is 12.3 Å². The van der Waals surface area contributed by atoms with Crippen LogP contribution in [0.25, 0.3) is 11.4 Å². The highest BCUT2D eigenvalue weighted by molar-refractivity contribution is 5.52. The van der Waals surface area contributed by atoms with Gasteiger partial charge in [0.2, 0.25) is 5.89 Å². The fourth-order valence-corrected chi connectivity index (χ4v) is 1.67. The van der Waals surface area contributed by atoms with Crippen LogP contribution in [-0.2, 0) is 6.54 Å². The highest BCUT2D eigenvalue weighted by Gasteiger charge is 2.06. The summed E-state index contributed by atoms with van der Waals surface area (Å²) in [5.41, 5.74) is 1.13. The summed E-state index contributed by atoms with van der Waals surface area (Å²) in [6, 6.07) is 8.64. The fraction of sp³-hybridized carbons (Fsp3) is 0.0769. The van der Waals surface area contributed by atoms with Crippen LogP contribution in [0.2, 0.25) is 0 Å². The predicted molar refractivity (Wildman–Crippen MR) is 67.3 cm³/mol. The first kappa shape index (κ1) is 11.3. The minimum absolute atomic E-state index is 0.201. The minimum atomic E-state index is -0.210. The predicted octanol–water partition coefficient (Wildman–Crippen LogP) is 1.34. The van der Waals surface area contributed by atoms with Crippen LogP contribution in [0.5, 0.6) is 0 Å². The van der Waals surface area contributed by atoms with Crippen molar-refractivity contribution in [2.75, 3.05) is 0 Å². The zero-order valence-electron chi connectivity index (χ0n) is 9.93. The van der Waals surface area contributed by atoms with Gasteiger partial charge in [0.05, 0.1) is 11.9 Å². The second-order valence-corrected chi connectivity index (χ2v) is 3.86. The largest absolute Gasteiger partial charge is 0.447 e. The smallest absolute Gasteiger partial charge is 0.267 e. The molecule has 0 saturated carbocycles. The fourth-order valence-electron chi connectivity index (χ4n) is 1.67. The maximum atomic E-state index is 11.7. The van der Waals surface area contributed by atoms with Crippen molar-refractivity contribution < 1.29 is 4.42 Å². The van der Waals surface area contributed by atoms with Crippen LogP contribution in [0.1, 0.15) is 5.89 Å². The Morgan fingerprint density at radius 3 is 2.74 bits per heavy atom. The van der Waals surface area contributed by atoms with Crippen molar-refractivity contribution >= 4 is 0 Å². The molecule has 3 rings (SSSR count). The van der Waals surface area contributed by atoms with E-state index in [0.29, 0.717) is 17.3 Å². The molecule has 0 spiro atoms. The van der Waals surface area contributed by atoms with Crippen LogP contribution in [0, 0.1) is 0 Å². The molecule has 0 radical (unpaired) electrons. The molecular formula is C13H10N4O2. The lowest BCUT2D eigenvalue weighted by Crippen LogP contribution is -2.23. The van der Waals surface area contributed by atoms with Gasteiger partial charge in [-0.15, -0.1) is 0 Å². The Kier molecular flexibility index (Phi) is 2.89. The van der Waals surface area contributed by atoms with E-state index >= 15 is 0 Å².